The van der Waals surface area contributed by atoms with Crippen molar-refractivity contribution >= 4 is 23.3 Å². The summed E-state index contributed by atoms with van der Waals surface area (Å²) in [4.78, 5) is 12.9. The summed E-state index contributed by atoms with van der Waals surface area (Å²) in [6.45, 7) is 3.37. The first-order valence-electron chi connectivity index (χ1n) is 8.08. The maximum atomic E-state index is 13.2. The van der Waals surface area contributed by atoms with Crippen LogP contribution in [0.1, 0.15) is 47.7 Å². The molecule has 0 radical (unpaired) electrons. The molecule has 0 heterocycles. The molecule has 0 aliphatic rings. The smallest absolute Gasteiger partial charge is 0.417 e. The Morgan fingerprint density at radius 2 is 1.96 bits per heavy atom. The third-order valence-corrected chi connectivity index (χ3v) is 4.88. The molecule has 0 spiro atoms. The van der Waals surface area contributed by atoms with Crippen molar-refractivity contribution in [2.24, 2.45) is 0 Å². The maximum absolute atomic E-state index is 13.2. The number of nitrogens with one attached hydrogen (secondary N) is 2. The van der Waals surface area contributed by atoms with Crippen LogP contribution >= 0.6 is 11.8 Å². The lowest BCUT2D eigenvalue weighted by atomic mass is 9.93. The summed E-state index contributed by atoms with van der Waals surface area (Å²) in [5.74, 6) is -1.12. The summed E-state index contributed by atoms with van der Waals surface area (Å²) in [5, 5.41) is 20.6. The van der Waals surface area contributed by atoms with Gasteiger partial charge in [-0.25, -0.2) is 0 Å². The van der Waals surface area contributed by atoms with Gasteiger partial charge in [-0.15, -0.1) is 11.8 Å². The van der Waals surface area contributed by atoms with Crippen molar-refractivity contribution in [3.63, 3.8) is 0 Å². The number of carbonyl (C=O) groups excluding carboxylic acids is 1. The van der Waals surface area contributed by atoms with E-state index in [2.05, 4.69) is 5.32 Å². The van der Waals surface area contributed by atoms with E-state index < -0.39 is 23.4 Å². The van der Waals surface area contributed by atoms with Crippen LogP contribution in [0.5, 0.6) is 0 Å². The highest BCUT2D eigenvalue weighted by molar-refractivity contribution is 7.98. The number of ketones is 1. The molecule has 26 heavy (non-hydrogen) atoms. The molecule has 1 aromatic rings. The molecule has 0 bridgehead atoms. The zero-order valence-corrected chi connectivity index (χ0v) is 16.0. The van der Waals surface area contributed by atoms with E-state index in [-0.39, 0.29) is 27.3 Å². The van der Waals surface area contributed by atoms with Crippen LogP contribution in [0.15, 0.2) is 28.5 Å². The molecule has 0 saturated heterocycles. The van der Waals surface area contributed by atoms with E-state index in [9.17, 15) is 23.1 Å². The molecule has 0 fully saturated rings. The molecule has 144 valence electrons. The van der Waals surface area contributed by atoms with Gasteiger partial charge in [0.15, 0.2) is 5.88 Å². The zero-order chi connectivity index (χ0) is 20.1. The van der Waals surface area contributed by atoms with Crippen LogP contribution in [0.3, 0.4) is 0 Å². The van der Waals surface area contributed by atoms with E-state index >= 15 is 0 Å². The van der Waals surface area contributed by atoms with E-state index in [4.69, 9.17) is 5.41 Å². The van der Waals surface area contributed by atoms with Gasteiger partial charge in [-0.2, -0.15) is 13.2 Å². The summed E-state index contributed by atoms with van der Waals surface area (Å²) in [6, 6.07) is 1.98. The lowest BCUT2D eigenvalue weighted by molar-refractivity contribution is -0.139. The molecule has 0 saturated carbocycles. The van der Waals surface area contributed by atoms with Crippen molar-refractivity contribution in [1.82, 2.24) is 5.32 Å². The van der Waals surface area contributed by atoms with Gasteiger partial charge in [-0.1, -0.05) is 19.4 Å². The van der Waals surface area contributed by atoms with Crippen molar-refractivity contribution in [1.29, 1.82) is 5.41 Å². The highest BCUT2D eigenvalue weighted by Crippen LogP contribution is 2.39. The molecule has 8 heteroatoms. The Kier molecular flexibility index (Phi) is 7.74. The molecular formula is C18H23F3N2O2S. The zero-order valence-electron chi connectivity index (χ0n) is 15.2. The Balaban J connectivity index is 3.48. The average molecular weight is 388 g/mol. The van der Waals surface area contributed by atoms with E-state index in [0.717, 1.165) is 30.3 Å². The number of alkyl halides is 3. The third kappa shape index (κ3) is 4.81. The number of aliphatic hydroxyl groups excluding tert-OH is 1. The summed E-state index contributed by atoms with van der Waals surface area (Å²) < 4.78 is 39.5. The van der Waals surface area contributed by atoms with Gasteiger partial charge in [0.05, 0.1) is 5.56 Å². The second kappa shape index (κ2) is 9.12. The van der Waals surface area contributed by atoms with Crippen molar-refractivity contribution in [3.8, 4) is 0 Å². The van der Waals surface area contributed by atoms with Crippen molar-refractivity contribution in [2.45, 2.75) is 44.2 Å². The highest BCUT2D eigenvalue weighted by atomic mass is 32.2. The number of benzene rings is 1. The van der Waals surface area contributed by atoms with Crippen LogP contribution in [0, 0.1) is 12.3 Å². The number of rotatable bonds is 8. The van der Waals surface area contributed by atoms with Gasteiger partial charge >= 0.3 is 6.18 Å². The fraction of sp³-hybridized carbons (Fsp3) is 0.444. The molecule has 3 N–H and O–H groups in total. The summed E-state index contributed by atoms with van der Waals surface area (Å²) in [5.41, 5.74) is -0.838. The number of carbonyl (C=O) groups is 1. The second-order valence-corrected chi connectivity index (χ2v) is 6.52. The first-order valence-corrected chi connectivity index (χ1v) is 9.30. The Morgan fingerprint density at radius 3 is 2.42 bits per heavy atom. The van der Waals surface area contributed by atoms with Gasteiger partial charge in [0.2, 0.25) is 5.78 Å². The highest BCUT2D eigenvalue weighted by Gasteiger charge is 2.35. The lowest BCUT2D eigenvalue weighted by Crippen LogP contribution is -2.22. The SMILES string of the molecule is CCCCC(=N)/C(C(=O)c1ccc(C(F)(F)F)c(SC)c1C)=C(/O)NC. The van der Waals surface area contributed by atoms with Gasteiger partial charge in [-0.05, 0) is 37.7 Å². The Labute approximate surface area is 155 Å². The number of hydrogen-bond donors (Lipinski definition) is 3. The van der Waals surface area contributed by atoms with Crippen molar-refractivity contribution in [2.75, 3.05) is 13.3 Å². The quantitative estimate of drug-likeness (QED) is 0.190. The van der Waals surface area contributed by atoms with Gasteiger partial charge < -0.3 is 15.8 Å². The minimum atomic E-state index is -4.52. The predicted molar refractivity (Wildman–Crippen MR) is 98.3 cm³/mol. The van der Waals surface area contributed by atoms with Crippen LogP contribution in [0.25, 0.3) is 0 Å². The van der Waals surface area contributed by atoms with Crippen LogP contribution in [-0.4, -0.2) is 29.9 Å². The number of hydrogen-bond acceptors (Lipinski definition) is 5. The standard InChI is InChI=1S/C18H23F3N2O2S/c1-5-6-7-13(22)14(17(25)23-3)15(24)11-8-9-12(18(19,20)21)16(26-4)10(11)2/h8-9,22-23,25H,5-7H2,1-4H3/b17-14-,22-13?. The van der Waals surface area contributed by atoms with Gasteiger partial charge in [0.25, 0.3) is 0 Å². The summed E-state index contributed by atoms with van der Waals surface area (Å²) in [7, 11) is 1.41. The molecule has 0 aromatic heterocycles. The van der Waals surface area contributed by atoms with E-state index in [1.54, 1.807) is 0 Å². The minimum Gasteiger partial charge on any atom is -0.494 e. The number of Topliss-reactive ketones (excluding diaryl/α,β-unsaturated/α-hetero) is 1. The largest absolute Gasteiger partial charge is 0.494 e. The van der Waals surface area contributed by atoms with Crippen LogP contribution in [0.2, 0.25) is 0 Å². The monoisotopic (exact) mass is 388 g/mol. The third-order valence-electron chi connectivity index (χ3n) is 3.94. The molecule has 0 unspecified atom stereocenters. The average Bonchev–Trinajstić information content (AvgIpc) is 2.58. The Morgan fingerprint density at radius 1 is 1.35 bits per heavy atom. The van der Waals surface area contributed by atoms with Gasteiger partial charge in [0, 0.05) is 23.2 Å². The maximum Gasteiger partial charge on any atom is 0.417 e. The minimum absolute atomic E-state index is 0.0354. The molecule has 0 aliphatic carbocycles. The second-order valence-electron chi connectivity index (χ2n) is 5.70. The molecule has 0 amide bonds. The summed E-state index contributed by atoms with van der Waals surface area (Å²) in [6.07, 6.45) is -1.26. The molecular weight excluding hydrogens is 365 g/mol. The topological polar surface area (TPSA) is 73.2 Å². The van der Waals surface area contributed by atoms with E-state index in [1.807, 2.05) is 6.92 Å². The molecule has 0 aliphatic heterocycles. The van der Waals surface area contributed by atoms with Gasteiger partial charge in [0.1, 0.15) is 5.57 Å². The first kappa shape index (κ1) is 22.1. The van der Waals surface area contributed by atoms with E-state index in [0.29, 0.717) is 12.8 Å². The van der Waals surface area contributed by atoms with Gasteiger partial charge in [-0.3, -0.25) is 4.79 Å². The number of aliphatic hydroxyl groups is 1. The molecule has 1 aromatic carbocycles. The van der Waals surface area contributed by atoms with Crippen LogP contribution in [-0.2, 0) is 6.18 Å². The normalized spacial score (nSPS) is 12.6. The van der Waals surface area contributed by atoms with Crippen molar-refractivity contribution in [3.05, 3.63) is 40.3 Å². The Hall–Kier alpha value is -1.96. The number of thioether (sulfide) groups is 1. The molecule has 1 rings (SSSR count). The van der Waals surface area contributed by atoms with Crippen LogP contribution < -0.4 is 5.32 Å². The van der Waals surface area contributed by atoms with Crippen LogP contribution in [0.4, 0.5) is 13.2 Å². The number of unbranched alkanes of at least 4 members (excludes halogenated alkanes) is 1. The molecule has 0 atom stereocenters. The lowest BCUT2D eigenvalue weighted by Gasteiger charge is -2.18. The van der Waals surface area contributed by atoms with E-state index in [1.165, 1.54) is 20.2 Å². The summed E-state index contributed by atoms with van der Waals surface area (Å²) >= 11 is 0.909. The molecule has 4 nitrogen and oxygen atoms in total. The number of halogens is 3. The first-order chi connectivity index (χ1) is 12.1. The van der Waals surface area contributed by atoms with Crippen molar-refractivity contribution < 1.29 is 23.1 Å². The Bertz CT molecular complexity index is 728. The fourth-order valence-corrected chi connectivity index (χ4v) is 3.37. The number of allylic oxidation sites excluding steroid dienone is 1. The fourth-order valence-electron chi connectivity index (χ4n) is 2.55. The predicted octanol–water partition coefficient (Wildman–Crippen LogP) is 5.12.